The van der Waals surface area contributed by atoms with Crippen molar-refractivity contribution in [3.63, 3.8) is 0 Å². The van der Waals surface area contributed by atoms with E-state index in [1.54, 1.807) is 24.0 Å². The van der Waals surface area contributed by atoms with Gasteiger partial charge in [-0.3, -0.25) is 9.89 Å². The van der Waals surface area contributed by atoms with E-state index >= 15 is 0 Å². The smallest absolute Gasteiger partial charge is 0.385 e. The fourth-order valence-electron chi connectivity index (χ4n) is 3.35. The number of aromatic amines is 1. The van der Waals surface area contributed by atoms with Crippen molar-refractivity contribution in [3.8, 4) is 0 Å². The number of amides is 1. The molecular formula is C16H20F3N5O2. The number of imidazole rings is 1. The standard InChI is InChI=1S/C16H20F3N5O2/c1-9-11(13(22-21-9)16(17,18)19)15(26)24-6-3-10(4-7-24)12(25)14-20-5-8-23(14)2/h5,8,10,12,25H,3-4,6-7H2,1-2H3,(H,21,22). The molecule has 0 aromatic carbocycles. The highest BCUT2D eigenvalue weighted by Gasteiger charge is 2.41. The molecule has 1 amide bonds. The molecule has 0 bridgehead atoms. The van der Waals surface area contributed by atoms with Crippen LogP contribution in [0.15, 0.2) is 12.4 Å². The molecule has 1 aliphatic rings. The van der Waals surface area contributed by atoms with Crippen LogP contribution in [0.3, 0.4) is 0 Å². The molecule has 0 spiro atoms. The van der Waals surface area contributed by atoms with Gasteiger partial charge in [0.1, 0.15) is 11.9 Å². The third kappa shape index (κ3) is 3.33. The number of nitrogens with one attached hydrogen (secondary N) is 1. The predicted octanol–water partition coefficient (Wildman–Crippen LogP) is 2.06. The van der Waals surface area contributed by atoms with Crippen LogP contribution in [0.4, 0.5) is 13.2 Å². The fraction of sp³-hybridized carbons (Fsp3) is 0.562. The van der Waals surface area contributed by atoms with E-state index in [0.29, 0.717) is 18.7 Å². The van der Waals surface area contributed by atoms with Crippen LogP contribution in [-0.4, -0.2) is 48.8 Å². The summed E-state index contributed by atoms with van der Waals surface area (Å²) >= 11 is 0. The van der Waals surface area contributed by atoms with Crippen molar-refractivity contribution in [2.75, 3.05) is 13.1 Å². The number of aliphatic hydroxyl groups is 1. The first-order valence-electron chi connectivity index (χ1n) is 8.27. The Morgan fingerprint density at radius 3 is 2.58 bits per heavy atom. The van der Waals surface area contributed by atoms with Gasteiger partial charge in [0.05, 0.1) is 5.56 Å². The van der Waals surface area contributed by atoms with E-state index in [0.717, 1.165) is 0 Å². The topological polar surface area (TPSA) is 87.0 Å². The van der Waals surface area contributed by atoms with Crippen LogP contribution in [0.1, 0.15) is 46.5 Å². The number of halogens is 3. The number of carbonyl (C=O) groups is 1. The van der Waals surface area contributed by atoms with Gasteiger partial charge in [-0.05, 0) is 25.7 Å². The summed E-state index contributed by atoms with van der Waals surface area (Å²) in [6, 6.07) is 0. The Labute approximate surface area is 147 Å². The molecule has 1 fully saturated rings. The maximum absolute atomic E-state index is 13.1. The van der Waals surface area contributed by atoms with Gasteiger partial charge in [0.15, 0.2) is 5.69 Å². The molecule has 0 aliphatic carbocycles. The summed E-state index contributed by atoms with van der Waals surface area (Å²) in [5.74, 6) is -0.249. The third-order valence-corrected chi connectivity index (χ3v) is 4.83. The molecule has 142 valence electrons. The Morgan fingerprint density at radius 2 is 2.04 bits per heavy atom. The van der Waals surface area contributed by atoms with Crippen LogP contribution < -0.4 is 0 Å². The van der Waals surface area contributed by atoms with E-state index in [9.17, 15) is 23.1 Å². The van der Waals surface area contributed by atoms with E-state index < -0.39 is 29.4 Å². The monoisotopic (exact) mass is 371 g/mol. The largest absolute Gasteiger partial charge is 0.435 e. The van der Waals surface area contributed by atoms with Crippen molar-refractivity contribution in [1.82, 2.24) is 24.6 Å². The molecule has 26 heavy (non-hydrogen) atoms. The zero-order chi connectivity index (χ0) is 19.1. The maximum atomic E-state index is 13.1. The fourth-order valence-corrected chi connectivity index (χ4v) is 3.35. The molecule has 1 unspecified atom stereocenters. The van der Waals surface area contributed by atoms with Crippen LogP contribution >= 0.6 is 0 Å². The summed E-state index contributed by atoms with van der Waals surface area (Å²) in [6.07, 6.45) is -1.16. The molecule has 0 radical (unpaired) electrons. The highest BCUT2D eigenvalue weighted by atomic mass is 19.4. The minimum absolute atomic E-state index is 0.0949. The molecule has 2 aromatic rings. The number of piperidine rings is 1. The third-order valence-electron chi connectivity index (χ3n) is 4.83. The maximum Gasteiger partial charge on any atom is 0.435 e. The average Bonchev–Trinajstić information content (AvgIpc) is 3.19. The van der Waals surface area contributed by atoms with E-state index in [1.807, 2.05) is 0 Å². The van der Waals surface area contributed by atoms with Crippen LogP contribution in [0, 0.1) is 12.8 Å². The first-order chi connectivity index (χ1) is 12.2. The second-order valence-corrected chi connectivity index (χ2v) is 6.54. The zero-order valence-electron chi connectivity index (χ0n) is 14.4. The van der Waals surface area contributed by atoms with Crippen LogP contribution in [0.2, 0.25) is 0 Å². The normalized spacial score (nSPS) is 17.5. The van der Waals surface area contributed by atoms with Gasteiger partial charge in [-0.15, -0.1) is 0 Å². The minimum Gasteiger partial charge on any atom is -0.385 e. The zero-order valence-corrected chi connectivity index (χ0v) is 14.4. The summed E-state index contributed by atoms with van der Waals surface area (Å²) in [7, 11) is 1.78. The van der Waals surface area contributed by atoms with Gasteiger partial charge < -0.3 is 14.6 Å². The number of rotatable bonds is 3. The number of likely N-dealkylation sites (tertiary alicyclic amines) is 1. The van der Waals surface area contributed by atoms with E-state index in [2.05, 4.69) is 15.2 Å². The van der Waals surface area contributed by atoms with Gasteiger partial charge in [-0.1, -0.05) is 0 Å². The predicted molar refractivity (Wildman–Crippen MR) is 85.1 cm³/mol. The molecule has 0 saturated carbocycles. The average molecular weight is 371 g/mol. The van der Waals surface area contributed by atoms with Gasteiger partial charge in [0.25, 0.3) is 5.91 Å². The van der Waals surface area contributed by atoms with Crippen molar-refractivity contribution < 1.29 is 23.1 Å². The lowest BCUT2D eigenvalue weighted by Crippen LogP contribution is -2.40. The number of aliphatic hydroxyl groups excluding tert-OH is 1. The Hall–Kier alpha value is -2.36. The second-order valence-electron chi connectivity index (χ2n) is 6.54. The van der Waals surface area contributed by atoms with Crippen LogP contribution in [0.5, 0.6) is 0 Å². The number of alkyl halides is 3. The summed E-state index contributed by atoms with van der Waals surface area (Å²) in [5, 5.41) is 16.0. The Balaban J connectivity index is 1.70. The van der Waals surface area contributed by atoms with Gasteiger partial charge in [-0.25, -0.2) is 4.98 Å². The van der Waals surface area contributed by atoms with Crippen LogP contribution in [-0.2, 0) is 13.2 Å². The quantitative estimate of drug-likeness (QED) is 0.865. The highest BCUT2D eigenvalue weighted by molar-refractivity contribution is 5.96. The molecule has 1 atom stereocenters. The van der Waals surface area contributed by atoms with Crippen LogP contribution in [0.25, 0.3) is 0 Å². The Bertz CT molecular complexity index is 790. The van der Waals surface area contributed by atoms with E-state index in [1.165, 1.54) is 11.8 Å². The van der Waals surface area contributed by atoms with Gasteiger partial charge in [0.2, 0.25) is 0 Å². The second kappa shape index (κ2) is 6.75. The summed E-state index contributed by atoms with van der Waals surface area (Å²) in [4.78, 5) is 18.1. The lowest BCUT2D eigenvalue weighted by atomic mass is 9.90. The van der Waals surface area contributed by atoms with Gasteiger partial charge in [0, 0.05) is 38.2 Å². The molecule has 3 rings (SSSR count). The Morgan fingerprint density at radius 1 is 1.38 bits per heavy atom. The SMILES string of the molecule is Cc1[nH]nc(C(F)(F)F)c1C(=O)N1CCC(C(O)c2nccn2C)CC1. The van der Waals surface area contributed by atoms with Crippen molar-refractivity contribution in [1.29, 1.82) is 0 Å². The highest BCUT2D eigenvalue weighted by Crippen LogP contribution is 2.34. The van der Waals surface area contributed by atoms with Gasteiger partial charge in [-0.2, -0.15) is 18.3 Å². The molecule has 3 heterocycles. The molecular weight excluding hydrogens is 351 g/mol. The lowest BCUT2D eigenvalue weighted by molar-refractivity contribution is -0.141. The van der Waals surface area contributed by atoms with E-state index in [4.69, 9.17) is 0 Å². The summed E-state index contributed by atoms with van der Waals surface area (Å²) in [5.41, 5.74) is -1.52. The number of aryl methyl sites for hydroxylation is 2. The number of hydrogen-bond acceptors (Lipinski definition) is 4. The molecule has 10 heteroatoms. The number of hydrogen-bond donors (Lipinski definition) is 2. The lowest BCUT2D eigenvalue weighted by Gasteiger charge is -2.34. The van der Waals surface area contributed by atoms with Crippen molar-refractivity contribution in [2.24, 2.45) is 13.0 Å². The Kier molecular flexibility index (Phi) is 4.78. The van der Waals surface area contributed by atoms with Gasteiger partial charge >= 0.3 is 6.18 Å². The molecule has 1 aliphatic heterocycles. The van der Waals surface area contributed by atoms with Crippen molar-refractivity contribution in [3.05, 3.63) is 35.2 Å². The van der Waals surface area contributed by atoms with Crippen molar-refractivity contribution >= 4 is 5.91 Å². The number of nitrogens with zero attached hydrogens (tertiary/aromatic N) is 4. The number of carbonyl (C=O) groups excluding carboxylic acids is 1. The molecule has 2 N–H and O–H groups in total. The molecule has 7 nitrogen and oxygen atoms in total. The molecule has 1 saturated heterocycles. The first-order valence-corrected chi connectivity index (χ1v) is 8.27. The van der Waals surface area contributed by atoms with E-state index in [-0.39, 0.29) is 24.7 Å². The minimum atomic E-state index is -4.69. The first kappa shape index (κ1) is 18.4. The summed E-state index contributed by atoms with van der Waals surface area (Å²) in [6.45, 7) is 1.94. The van der Waals surface area contributed by atoms with Crippen molar-refractivity contribution in [2.45, 2.75) is 32.0 Å². The summed E-state index contributed by atoms with van der Waals surface area (Å²) < 4.78 is 40.9. The number of aromatic nitrogens is 4. The molecule has 2 aromatic heterocycles. The number of H-pyrrole nitrogens is 1.